The lowest BCUT2D eigenvalue weighted by molar-refractivity contribution is -0.0622. The van der Waals surface area contributed by atoms with Gasteiger partial charge in [-0.05, 0) is 32.7 Å². The monoisotopic (exact) mass is 266 g/mol. The molecule has 0 aromatic carbocycles. The Morgan fingerprint density at radius 3 is 2.63 bits per heavy atom. The molecule has 1 saturated carbocycles. The number of hydrogen-bond acceptors (Lipinski definition) is 4. The van der Waals surface area contributed by atoms with E-state index in [-0.39, 0.29) is 5.60 Å². The van der Waals surface area contributed by atoms with Gasteiger partial charge in [-0.25, -0.2) is 4.98 Å². The van der Waals surface area contributed by atoms with Crippen LogP contribution in [0.15, 0.2) is 0 Å². The van der Waals surface area contributed by atoms with Crippen LogP contribution in [-0.4, -0.2) is 28.3 Å². The Hall–Kier alpha value is -0.940. The summed E-state index contributed by atoms with van der Waals surface area (Å²) < 4.78 is 6.08. The third-order valence-electron chi connectivity index (χ3n) is 3.89. The molecule has 108 valence electrons. The second-order valence-corrected chi connectivity index (χ2v) is 5.34. The molecule has 1 aliphatic rings. The van der Waals surface area contributed by atoms with E-state index in [4.69, 9.17) is 10.5 Å². The number of hydrogen-bond donors (Lipinski definition) is 2. The highest BCUT2D eigenvalue weighted by Crippen LogP contribution is 2.37. The number of aryl methyl sites for hydroxylation is 1. The van der Waals surface area contributed by atoms with Crippen molar-refractivity contribution in [3.8, 4) is 0 Å². The third-order valence-corrected chi connectivity index (χ3v) is 3.89. The highest BCUT2D eigenvalue weighted by molar-refractivity contribution is 5.04. The maximum atomic E-state index is 6.08. The van der Waals surface area contributed by atoms with E-state index in [0.717, 1.165) is 37.3 Å². The number of rotatable bonds is 6. The summed E-state index contributed by atoms with van der Waals surface area (Å²) in [5, 5.41) is 7.47. The average Bonchev–Trinajstić information content (AvgIpc) is 2.77. The van der Waals surface area contributed by atoms with Gasteiger partial charge in [0.25, 0.3) is 0 Å². The maximum Gasteiger partial charge on any atom is 0.182 e. The largest absolute Gasteiger partial charge is 0.367 e. The van der Waals surface area contributed by atoms with Crippen molar-refractivity contribution < 1.29 is 4.74 Å². The van der Waals surface area contributed by atoms with Crippen molar-refractivity contribution in [3.63, 3.8) is 0 Å². The van der Waals surface area contributed by atoms with Gasteiger partial charge in [0.15, 0.2) is 5.82 Å². The van der Waals surface area contributed by atoms with E-state index < -0.39 is 0 Å². The van der Waals surface area contributed by atoms with Crippen molar-refractivity contribution in [1.29, 1.82) is 0 Å². The van der Waals surface area contributed by atoms with Crippen molar-refractivity contribution in [2.75, 3.05) is 13.2 Å². The highest BCUT2D eigenvalue weighted by atomic mass is 16.5. The van der Waals surface area contributed by atoms with Gasteiger partial charge in [-0.2, -0.15) is 5.10 Å². The molecule has 0 spiro atoms. The van der Waals surface area contributed by atoms with Crippen LogP contribution in [0.4, 0.5) is 0 Å². The summed E-state index contributed by atoms with van der Waals surface area (Å²) in [5.41, 5.74) is 5.27. The minimum atomic E-state index is -0.261. The Morgan fingerprint density at radius 2 is 2.00 bits per heavy atom. The summed E-state index contributed by atoms with van der Waals surface area (Å²) in [5.74, 6) is 1.78. The predicted molar refractivity (Wildman–Crippen MR) is 74.8 cm³/mol. The molecule has 0 radical (unpaired) electrons. The molecule has 1 aromatic heterocycles. The lowest BCUT2D eigenvalue weighted by atomic mass is 9.93. The van der Waals surface area contributed by atoms with E-state index in [2.05, 4.69) is 22.1 Å². The molecule has 5 heteroatoms. The third kappa shape index (κ3) is 3.54. The first kappa shape index (κ1) is 14.5. The quantitative estimate of drug-likeness (QED) is 0.774. The Morgan fingerprint density at radius 1 is 1.26 bits per heavy atom. The highest BCUT2D eigenvalue weighted by Gasteiger charge is 2.37. The van der Waals surface area contributed by atoms with Gasteiger partial charge in [-0.1, -0.05) is 25.7 Å². The van der Waals surface area contributed by atoms with E-state index >= 15 is 0 Å². The van der Waals surface area contributed by atoms with Crippen LogP contribution in [0.3, 0.4) is 0 Å². The number of H-pyrrole nitrogens is 1. The first-order chi connectivity index (χ1) is 9.30. The molecule has 0 saturated heterocycles. The van der Waals surface area contributed by atoms with Gasteiger partial charge in [0.1, 0.15) is 11.4 Å². The Labute approximate surface area is 115 Å². The molecule has 0 bridgehead atoms. The fourth-order valence-electron chi connectivity index (χ4n) is 2.89. The molecular formula is C14H26N4O. The first-order valence-corrected chi connectivity index (χ1v) is 7.56. The summed E-state index contributed by atoms with van der Waals surface area (Å²) in [7, 11) is 0. The number of nitrogens with one attached hydrogen (secondary N) is 1. The molecule has 1 aromatic rings. The molecule has 0 aliphatic heterocycles. The Kier molecular flexibility index (Phi) is 5.34. The van der Waals surface area contributed by atoms with E-state index in [0.29, 0.717) is 13.2 Å². The van der Waals surface area contributed by atoms with Gasteiger partial charge < -0.3 is 10.5 Å². The predicted octanol–water partition coefficient (Wildman–Crippen LogP) is 2.28. The van der Waals surface area contributed by atoms with Crippen molar-refractivity contribution in [2.45, 2.75) is 63.9 Å². The Balaban J connectivity index is 2.14. The molecule has 0 unspecified atom stereocenters. The summed E-state index contributed by atoms with van der Waals surface area (Å²) >= 11 is 0. The van der Waals surface area contributed by atoms with Crippen LogP contribution >= 0.6 is 0 Å². The second kappa shape index (κ2) is 7.01. The SMILES string of the molecule is CCOC1(c2n[nH]c(CCCN)n2)CCCCCC1. The van der Waals surface area contributed by atoms with Gasteiger partial charge in [-0.15, -0.1) is 0 Å². The van der Waals surface area contributed by atoms with E-state index in [1.807, 2.05) is 0 Å². The van der Waals surface area contributed by atoms with Gasteiger partial charge in [0.2, 0.25) is 0 Å². The molecule has 0 amide bonds. The summed E-state index contributed by atoms with van der Waals surface area (Å²) in [6, 6.07) is 0. The topological polar surface area (TPSA) is 76.8 Å². The minimum Gasteiger partial charge on any atom is -0.367 e. The van der Waals surface area contributed by atoms with Gasteiger partial charge >= 0.3 is 0 Å². The molecule has 5 nitrogen and oxygen atoms in total. The molecule has 1 heterocycles. The molecule has 1 fully saturated rings. The van der Waals surface area contributed by atoms with Crippen LogP contribution in [0.1, 0.15) is 63.5 Å². The fraction of sp³-hybridized carbons (Fsp3) is 0.857. The van der Waals surface area contributed by atoms with Gasteiger partial charge in [-0.3, -0.25) is 5.10 Å². The lowest BCUT2D eigenvalue weighted by Crippen LogP contribution is -2.31. The molecule has 1 aliphatic carbocycles. The average molecular weight is 266 g/mol. The Bertz CT molecular complexity index is 369. The molecule has 2 rings (SSSR count). The minimum absolute atomic E-state index is 0.261. The zero-order valence-electron chi connectivity index (χ0n) is 12.0. The molecule has 3 N–H and O–H groups in total. The maximum absolute atomic E-state index is 6.08. The van der Waals surface area contributed by atoms with E-state index in [1.165, 1.54) is 25.7 Å². The zero-order chi connectivity index (χ0) is 13.6. The van der Waals surface area contributed by atoms with Gasteiger partial charge in [0.05, 0.1) is 0 Å². The molecule has 0 atom stereocenters. The fourth-order valence-corrected chi connectivity index (χ4v) is 2.89. The second-order valence-electron chi connectivity index (χ2n) is 5.34. The van der Waals surface area contributed by atoms with Gasteiger partial charge in [0, 0.05) is 13.0 Å². The number of aromatic amines is 1. The lowest BCUT2D eigenvalue weighted by Gasteiger charge is -2.29. The zero-order valence-corrected chi connectivity index (χ0v) is 12.0. The van der Waals surface area contributed by atoms with Crippen molar-refractivity contribution in [3.05, 3.63) is 11.6 Å². The van der Waals surface area contributed by atoms with E-state index in [9.17, 15) is 0 Å². The number of nitrogens with zero attached hydrogens (tertiary/aromatic N) is 2. The van der Waals surface area contributed by atoms with Crippen LogP contribution in [0.2, 0.25) is 0 Å². The molecule has 19 heavy (non-hydrogen) atoms. The van der Waals surface area contributed by atoms with Crippen molar-refractivity contribution in [1.82, 2.24) is 15.2 Å². The molecular weight excluding hydrogens is 240 g/mol. The van der Waals surface area contributed by atoms with Crippen molar-refractivity contribution in [2.24, 2.45) is 5.73 Å². The van der Waals surface area contributed by atoms with Crippen LogP contribution in [0.25, 0.3) is 0 Å². The smallest absolute Gasteiger partial charge is 0.182 e. The summed E-state index contributed by atoms with van der Waals surface area (Å²) in [4.78, 5) is 4.66. The summed E-state index contributed by atoms with van der Waals surface area (Å²) in [6.45, 7) is 3.45. The number of nitrogens with two attached hydrogens (primary N) is 1. The standard InChI is InChI=1S/C14H26N4O/c1-2-19-14(9-5-3-4-6-10-14)13-16-12(17-18-13)8-7-11-15/h2-11,15H2,1H3,(H,16,17,18). The normalized spacial score (nSPS) is 19.3. The van der Waals surface area contributed by atoms with Crippen LogP contribution < -0.4 is 5.73 Å². The van der Waals surface area contributed by atoms with Crippen LogP contribution in [-0.2, 0) is 16.8 Å². The van der Waals surface area contributed by atoms with E-state index in [1.54, 1.807) is 0 Å². The number of aromatic nitrogens is 3. The van der Waals surface area contributed by atoms with Crippen LogP contribution in [0, 0.1) is 0 Å². The van der Waals surface area contributed by atoms with Crippen LogP contribution in [0.5, 0.6) is 0 Å². The summed E-state index contributed by atoms with van der Waals surface area (Å²) in [6.07, 6.45) is 8.87. The number of ether oxygens (including phenoxy) is 1. The first-order valence-electron chi connectivity index (χ1n) is 7.56. The van der Waals surface area contributed by atoms with Crippen molar-refractivity contribution >= 4 is 0 Å².